The molecule has 0 amide bonds. The molecule has 0 aliphatic rings. The van der Waals surface area contributed by atoms with E-state index in [0.29, 0.717) is 0 Å². The lowest BCUT2D eigenvalue weighted by Gasteiger charge is -2.08. The van der Waals surface area contributed by atoms with Gasteiger partial charge in [-0.1, -0.05) is 0 Å². The van der Waals surface area contributed by atoms with Crippen LogP contribution in [0.25, 0.3) is 0 Å². The summed E-state index contributed by atoms with van der Waals surface area (Å²) >= 11 is 0. The zero-order chi connectivity index (χ0) is 8.97. The molecule has 3 heteroatoms. The van der Waals surface area contributed by atoms with Gasteiger partial charge in [0.25, 0.3) is 0 Å². The summed E-state index contributed by atoms with van der Waals surface area (Å²) in [6.07, 6.45) is 4.19. The van der Waals surface area contributed by atoms with E-state index in [9.17, 15) is 0 Å². The van der Waals surface area contributed by atoms with Gasteiger partial charge in [-0.3, -0.25) is 4.98 Å². The summed E-state index contributed by atoms with van der Waals surface area (Å²) in [5.41, 5.74) is 7.60. The van der Waals surface area contributed by atoms with E-state index in [1.807, 2.05) is 13.0 Å². The Balaban J connectivity index is 2.82. The minimum absolute atomic E-state index is 0.0376. The van der Waals surface area contributed by atoms with Crippen molar-refractivity contribution in [2.45, 2.75) is 26.0 Å². The summed E-state index contributed by atoms with van der Waals surface area (Å²) in [6.45, 7) is 1.98. The first-order valence-corrected chi connectivity index (χ1v) is 4.02. The predicted octanol–water partition coefficient (Wildman–Crippen LogP) is 0.464. The lowest BCUT2D eigenvalue weighted by molar-refractivity contribution is 0.280. The fraction of sp³-hybridized carbons (Fsp3) is 0.444. The first-order chi connectivity index (χ1) is 5.74. The van der Waals surface area contributed by atoms with Crippen molar-refractivity contribution < 1.29 is 5.11 Å². The second-order valence-corrected chi connectivity index (χ2v) is 2.98. The van der Waals surface area contributed by atoms with Crippen LogP contribution in [0.4, 0.5) is 0 Å². The number of hydrogen-bond donors (Lipinski definition) is 2. The van der Waals surface area contributed by atoms with E-state index in [4.69, 9.17) is 10.8 Å². The Morgan fingerprint density at radius 1 is 1.58 bits per heavy atom. The van der Waals surface area contributed by atoms with Gasteiger partial charge in [0.2, 0.25) is 0 Å². The highest BCUT2D eigenvalue weighted by Gasteiger charge is 2.02. The largest absolute Gasteiger partial charge is 0.392 e. The first kappa shape index (κ1) is 9.16. The number of hydrogen-bond acceptors (Lipinski definition) is 3. The first-order valence-electron chi connectivity index (χ1n) is 4.02. The van der Waals surface area contributed by atoms with Gasteiger partial charge in [0.15, 0.2) is 0 Å². The van der Waals surface area contributed by atoms with E-state index < -0.39 is 0 Å². The molecule has 0 aromatic carbocycles. The molecule has 0 fully saturated rings. The van der Waals surface area contributed by atoms with Crippen molar-refractivity contribution in [2.75, 3.05) is 0 Å². The molecule has 0 spiro atoms. The van der Waals surface area contributed by atoms with Gasteiger partial charge in [-0.05, 0) is 30.5 Å². The Labute approximate surface area is 72.2 Å². The molecule has 0 aliphatic carbocycles. The van der Waals surface area contributed by atoms with Gasteiger partial charge in [0.1, 0.15) is 0 Å². The predicted molar refractivity (Wildman–Crippen MR) is 47.5 cm³/mol. The maximum atomic E-state index is 8.95. The van der Waals surface area contributed by atoms with Crippen LogP contribution in [0, 0.1) is 0 Å². The highest BCUT2D eigenvalue weighted by molar-refractivity contribution is 5.23. The molecule has 1 heterocycles. The molecule has 0 saturated carbocycles. The monoisotopic (exact) mass is 166 g/mol. The smallest absolute Gasteiger partial charge is 0.0699 e. The second kappa shape index (κ2) is 4.18. The van der Waals surface area contributed by atoms with Crippen molar-refractivity contribution in [3.8, 4) is 0 Å². The molecule has 1 rings (SSSR count). The Morgan fingerprint density at radius 2 is 2.33 bits per heavy atom. The number of aromatic nitrogens is 1. The molecule has 0 radical (unpaired) electrons. The summed E-state index contributed by atoms with van der Waals surface area (Å²) in [6, 6.07) is 2.02. The normalized spacial score (nSPS) is 12.9. The van der Waals surface area contributed by atoms with Crippen molar-refractivity contribution >= 4 is 0 Å². The van der Waals surface area contributed by atoms with Crippen LogP contribution in [-0.2, 0) is 13.0 Å². The van der Waals surface area contributed by atoms with Crippen LogP contribution in [0.5, 0.6) is 0 Å². The van der Waals surface area contributed by atoms with E-state index >= 15 is 0 Å². The van der Waals surface area contributed by atoms with Gasteiger partial charge in [-0.15, -0.1) is 0 Å². The van der Waals surface area contributed by atoms with Gasteiger partial charge in [-0.2, -0.15) is 0 Å². The Hall–Kier alpha value is -0.930. The topological polar surface area (TPSA) is 59.1 Å². The van der Waals surface area contributed by atoms with Gasteiger partial charge in [0.05, 0.1) is 6.61 Å². The van der Waals surface area contributed by atoms with Gasteiger partial charge in [0, 0.05) is 18.4 Å². The van der Waals surface area contributed by atoms with Gasteiger partial charge >= 0.3 is 0 Å². The van der Waals surface area contributed by atoms with Crippen LogP contribution in [0.2, 0.25) is 0 Å². The minimum atomic E-state index is 0.0376. The van der Waals surface area contributed by atoms with Crippen molar-refractivity contribution in [2.24, 2.45) is 5.73 Å². The van der Waals surface area contributed by atoms with Crippen molar-refractivity contribution in [1.82, 2.24) is 4.98 Å². The van der Waals surface area contributed by atoms with E-state index in [-0.39, 0.29) is 12.6 Å². The van der Waals surface area contributed by atoms with E-state index in [1.54, 1.807) is 12.4 Å². The molecule has 0 bridgehead atoms. The van der Waals surface area contributed by atoms with Crippen LogP contribution < -0.4 is 5.73 Å². The highest BCUT2D eigenvalue weighted by atomic mass is 16.3. The Kier molecular flexibility index (Phi) is 3.19. The Morgan fingerprint density at radius 3 is 2.92 bits per heavy atom. The third-order valence-corrected chi connectivity index (χ3v) is 1.72. The molecule has 0 saturated heterocycles. The number of pyridine rings is 1. The van der Waals surface area contributed by atoms with Crippen LogP contribution in [-0.4, -0.2) is 16.1 Å². The van der Waals surface area contributed by atoms with E-state index in [1.165, 1.54) is 0 Å². The lowest BCUT2D eigenvalue weighted by Crippen LogP contribution is -2.18. The molecule has 0 aliphatic heterocycles. The van der Waals surface area contributed by atoms with E-state index in [2.05, 4.69) is 4.98 Å². The third kappa shape index (κ3) is 2.29. The van der Waals surface area contributed by atoms with Gasteiger partial charge < -0.3 is 10.8 Å². The molecule has 66 valence electrons. The zero-order valence-corrected chi connectivity index (χ0v) is 7.20. The minimum Gasteiger partial charge on any atom is -0.392 e. The van der Waals surface area contributed by atoms with Crippen molar-refractivity contribution in [1.29, 1.82) is 0 Å². The fourth-order valence-electron chi connectivity index (χ4n) is 1.14. The number of rotatable bonds is 3. The number of nitrogens with two attached hydrogens (primary N) is 1. The number of aliphatic hydroxyl groups is 1. The maximum absolute atomic E-state index is 8.95. The molecule has 3 N–H and O–H groups in total. The third-order valence-electron chi connectivity index (χ3n) is 1.72. The molecule has 3 nitrogen and oxygen atoms in total. The maximum Gasteiger partial charge on any atom is 0.0699 e. The summed E-state index contributed by atoms with van der Waals surface area (Å²) in [4.78, 5) is 3.92. The average Bonchev–Trinajstić information content (AvgIpc) is 2.04. The van der Waals surface area contributed by atoms with E-state index in [0.717, 1.165) is 17.5 Å². The molecular formula is C9H14N2O. The highest BCUT2D eigenvalue weighted by Crippen LogP contribution is 2.08. The summed E-state index contributed by atoms with van der Waals surface area (Å²) in [5.74, 6) is 0. The van der Waals surface area contributed by atoms with Crippen molar-refractivity contribution in [3.63, 3.8) is 0 Å². The SMILES string of the molecule is CC(N)Cc1ccncc1CO. The molecule has 1 aromatic heterocycles. The van der Waals surface area contributed by atoms with Crippen LogP contribution in [0.1, 0.15) is 18.1 Å². The Bertz CT molecular complexity index is 248. The summed E-state index contributed by atoms with van der Waals surface area (Å²) in [5, 5.41) is 8.95. The standard InChI is InChI=1S/C9H14N2O/c1-7(10)4-8-2-3-11-5-9(8)6-12/h2-3,5,7,12H,4,6,10H2,1H3. The van der Waals surface area contributed by atoms with Crippen molar-refractivity contribution in [3.05, 3.63) is 29.6 Å². The molecule has 1 atom stereocenters. The average molecular weight is 166 g/mol. The van der Waals surface area contributed by atoms with Crippen LogP contribution >= 0.6 is 0 Å². The van der Waals surface area contributed by atoms with Crippen LogP contribution in [0.15, 0.2) is 18.5 Å². The fourth-order valence-corrected chi connectivity index (χ4v) is 1.14. The quantitative estimate of drug-likeness (QED) is 0.686. The molecule has 1 aromatic rings. The summed E-state index contributed by atoms with van der Waals surface area (Å²) < 4.78 is 0. The van der Waals surface area contributed by atoms with Gasteiger partial charge in [-0.25, -0.2) is 0 Å². The molecule has 12 heavy (non-hydrogen) atoms. The number of nitrogens with zero attached hydrogens (tertiary/aromatic N) is 1. The summed E-state index contributed by atoms with van der Waals surface area (Å²) in [7, 11) is 0. The van der Waals surface area contributed by atoms with Crippen LogP contribution in [0.3, 0.4) is 0 Å². The molecular weight excluding hydrogens is 152 g/mol. The molecule has 1 unspecified atom stereocenters. The number of aliphatic hydroxyl groups excluding tert-OH is 1. The lowest BCUT2D eigenvalue weighted by atomic mass is 10.0. The second-order valence-electron chi connectivity index (χ2n) is 2.98. The zero-order valence-electron chi connectivity index (χ0n) is 7.20.